The number of nitrogens with zero attached hydrogens (tertiary/aromatic N) is 1. The fourth-order valence-electron chi connectivity index (χ4n) is 0.876. The molecule has 1 saturated heterocycles. The summed E-state index contributed by atoms with van der Waals surface area (Å²) in [6.45, 7) is 2.98. The zero-order valence-electron chi connectivity index (χ0n) is 6.46. The van der Waals surface area contributed by atoms with Crippen LogP contribution in [0.5, 0.6) is 0 Å². The van der Waals surface area contributed by atoms with E-state index in [9.17, 15) is 8.42 Å². The van der Waals surface area contributed by atoms with E-state index in [2.05, 4.69) is 0 Å². The Labute approximate surface area is 72.4 Å². The number of hydrogen-bond acceptors (Lipinski definition) is 2. The molecule has 3 nitrogen and oxygen atoms in total. The molecular formula is C6H12ClNO2S. The zero-order chi connectivity index (χ0) is 8.48. The Morgan fingerprint density at radius 3 is 2.36 bits per heavy atom. The minimum Gasteiger partial charge on any atom is -0.212 e. The molecule has 0 amide bonds. The van der Waals surface area contributed by atoms with E-state index in [1.165, 1.54) is 4.31 Å². The predicted octanol–water partition coefficient (Wildman–Crippen LogP) is 0.649. The Hall–Kier alpha value is 0.200. The van der Waals surface area contributed by atoms with Crippen LogP contribution >= 0.6 is 11.6 Å². The molecule has 1 aliphatic heterocycles. The van der Waals surface area contributed by atoms with Crippen LogP contribution in [0, 0.1) is 0 Å². The van der Waals surface area contributed by atoms with Crippen molar-refractivity contribution in [1.29, 1.82) is 0 Å². The summed E-state index contributed by atoms with van der Waals surface area (Å²) in [5.74, 6) is 0.179. The first-order valence-corrected chi connectivity index (χ1v) is 5.67. The molecule has 0 aliphatic carbocycles. The standard InChI is InChI=1S/C6H12ClNO2S/c1-6(5-7)11(9,10)8-3-2-4-8/h6H,2-5H2,1H3. The van der Waals surface area contributed by atoms with Crippen LogP contribution in [0.25, 0.3) is 0 Å². The second-order valence-electron chi connectivity index (χ2n) is 2.76. The lowest BCUT2D eigenvalue weighted by Gasteiger charge is -2.31. The molecule has 0 aromatic rings. The molecule has 0 N–H and O–H groups in total. The molecule has 0 spiro atoms. The molecule has 11 heavy (non-hydrogen) atoms. The van der Waals surface area contributed by atoms with E-state index in [0.717, 1.165) is 6.42 Å². The van der Waals surface area contributed by atoms with Crippen LogP contribution in [0.4, 0.5) is 0 Å². The van der Waals surface area contributed by atoms with Gasteiger partial charge in [0, 0.05) is 19.0 Å². The molecule has 1 aliphatic rings. The largest absolute Gasteiger partial charge is 0.217 e. The van der Waals surface area contributed by atoms with Crippen LogP contribution in [0.3, 0.4) is 0 Å². The topological polar surface area (TPSA) is 37.4 Å². The molecule has 1 rings (SSSR count). The highest BCUT2D eigenvalue weighted by Gasteiger charge is 2.31. The summed E-state index contributed by atoms with van der Waals surface area (Å²) in [6, 6.07) is 0. The monoisotopic (exact) mass is 197 g/mol. The van der Waals surface area contributed by atoms with Gasteiger partial charge >= 0.3 is 0 Å². The third kappa shape index (κ3) is 1.68. The Balaban J connectivity index is 2.65. The van der Waals surface area contributed by atoms with Crippen LogP contribution in [0.1, 0.15) is 13.3 Å². The number of alkyl halides is 1. The van der Waals surface area contributed by atoms with Crippen molar-refractivity contribution in [2.75, 3.05) is 19.0 Å². The SMILES string of the molecule is CC(CCl)S(=O)(=O)N1CCC1. The molecule has 0 saturated carbocycles. The fraction of sp³-hybridized carbons (Fsp3) is 1.00. The summed E-state index contributed by atoms with van der Waals surface area (Å²) in [4.78, 5) is 0. The maximum Gasteiger partial charge on any atom is 0.217 e. The Morgan fingerprint density at radius 2 is 2.09 bits per heavy atom. The number of rotatable bonds is 3. The van der Waals surface area contributed by atoms with Gasteiger partial charge in [-0.15, -0.1) is 11.6 Å². The molecule has 1 atom stereocenters. The molecule has 66 valence electrons. The highest BCUT2D eigenvalue weighted by molar-refractivity contribution is 7.89. The lowest BCUT2D eigenvalue weighted by atomic mass is 10.3. The molecule has 5 heteroatoms. The zero-order valence-corrected chi connectivity index (χ0v) is 8.03. The number of halogens is 1. The summed E-state index contributed by atoms with van der Waals surface area (Å²) >= 11 is 5.46. The normalized spacial score (nSPS) is 22.7. The van der Waals surface area contributed by atoms with Crippen molar-refractivity contribution in [3.63, 3.8) is 0 Å². The van der Waals surface area contributed by atoms with Gasteiger partial charge in [-0.1, -0.05) is 0 Å². The van der Waals surface area contributed by atoms with E-state index >= 15 is 0 Å². The molecule has 0 bridgehead atoms. The Morgan fingerprint density at radius 1 is 1.55 bits per heavy atom. The second kappa shape index (κ2) is 3.29. The van der Waals surface area contributed by atoms with Crippen LogP contribution in [0.2, 0.25) is 0 Å². The first kappa shape index (κ1) is 9.29. The molecule has 1 unspecified atom stereocenters. The van der Waals surface area contributed by atoms with Crippen LogP contribution in [-0.2, 0) is 10.0 Å². The van der Waals surface area contributed by atoms with E-state index < -0.39 is 15.3 Å². The second-order valence-corrected chi connectivity index (χ2v) is 5.42. The third-order valence-corrected chi connectivity index (χ3v) is 4.82. The van der Waals surface area contributed by atoms with Crippen LogP contribution in [0.15, 0.2) is 0 Å². The van der Waals surface area contributed by atoms with Gasteiger partial charge in [0.1, 0.15) is 0 Å². The van der Waals surface area contributed by atoms with E-state index in [4.69, 9.17) is 11.6 Å². The minimum absolute atomic E-state index is 0.179. The van der Waals surface area contributed by atoms with Crippen molar-refractivity contribution in [3.05, 3.63) is 0 Å². The predicted molar refractivity (Wildman–Crippen MR) is 45.3 cm³/mol. The molecule has 0 aromatic heterocycles. The van der Waals surface area contributed by atoms with Crippen molar-refractivity contribution in [2.45, 2.75) is 18.6 Å². The maximum atomic E-state index is 11.4. The van der Waals surface area contributed by atoms with Gasteiger partial charge in [0.05, 0.1) is 5.25 Å². The minimum atomic E-state index is -3.05. The summed E-state index contributed by atoms with van der Waals surface area (Å²) in [6.07, 6.45) is 0.980. The van der Waals surface area contributed by atoms with Gasteiger partial charge in [0.2, 0.25) is 10.0 Å². The summed E-state index contributed by atoms with van der Waals surface area (Å²) in [7, 11) is -3.05. The van der Waals surface area contributed by atoms with Crippen molar-refractivity contribution in [3.8, 4) is 0 Å². The molecule has 1 fully saturated rings. The van der Waals surface area contributed by atoms with E-state index in [1.807, 2.05) is 0 Å². The smallest absolute Gasteiger partial charge is 0.212 e. The molecule has 0 radical (unpaired) electrons. The first-order valence-electron chi connectivity index (χ1n) is 3.64. The van der Waals surface area contributed by atoms with Gasteiger partial charge in [-0.25, -0.2) is 12.7 Å². The van der Waals surface area contributed by atoms with Crippen molar-refractivity contribution in [2.24, 2.45) is 0 Å². The average Bonchev–Trinajstić information content (AvgIpc) is 1.81. The van der Waals surface area contributed by atoms with Crippen LogP contribution in [-0.4, -0.2) is 36.9 Å². The van der Waals surface area contributed by atoms with Crippen molar-refractivity contribution in [1.82, 2.24) is 4.31 Å². The first-order chi connectivity index (χ1) is 5.09. The highest BCUT2D eigenvalue weighted by atomic mass is 35.5. The summed E-state index contributed by atoms with van der Waals surface area (Å²) < 4.78 is 24.3. The Bertz CT molecular complexity index is 212. The fourth-order valence-corrected chi connectivity index (χ4v) is 2.79. The number of hydrogen-bond donors (Lipinski definition) is 0. The van der Waals surface area contributed by atoms with E-state index in [0.29, 0.717) is 13.1 Å². The average molecular weight is 198 g/mol. The Kier molecular flexibility index (Phi) is 2.78. The molecular weight excluding hydrogens is 186 g/mol. The van der Waals surface area contributed by atoms with Gasteiger partial charge in [-0.05, 0) is 13.3 Å². The van der Waals surface area contributed by atoms with E-state index in [-0.39, 0.29) is 5.88 Å². The van der Waals surface area contributed by atoms with Crippen LogP contribution < -0.4 is 0 Å². The quantitative estimate of drug-likeness (QED) is 0.623. The van der Waals surface area contributed by atoms with Gasteiger partial charge in [0.15, 0.2) is 0 Å². The lowest BCUT2D eigenvalue weighted by molar-refractivity contribution is 0.306. The summed E-state index contributed by atoms with van der Waals surface area (Å²) in [5, 5.41) is -0.440. The number of sulfonamides is 1. The molecule has 1 heterocycles. The van der Waals surface area contributed by atoms with Crippen molar-refractivity contribution < 1.29 is 8.42 Å². The van der Waals surface area contributed by atoms with Gasteiger partial charge in [0.25, 0.3) is 0 Å². The highest BCUT2D eigenvalue weighted by Crippen LogP contribution is 2.17. The molecule has 0 aromatic carbocycles. The lowest BCUT2D eigenvalue weighted by Crippen LogP contribution is -2.46. The summed E-state index contributed by atoms with van der Waals surface area (Å²) in [5.41, 5.74) is 0. The van der Waals surface area contributed by atoms with Gasteiger partial charge in [-0.3, -0.25) is 0 Å². The van der Waals surface area contributed by atoms with Gasteiger partial charge in [-0.2, -0.15) is 0 Å². The third-order valence-electron chi connectivity index (χ3n) is 1.90. The maximum absolute atomic E-state index is 11.4. The van der Waals surface area contributed by atoms with E-state index in [1.54, 1.807) is 6.92 Å². The van der Waals surface area contributed by atoms with Crippen molar-refractivity contribution >= 4 is 21.6 Å². The van der Waals surface area contributed by atoms with Gasteiger partial charge < -0.3 is 0 Å².